The summed E-state index contributed by atoms with van der Waals surface area (Å²) in [6, 6.07) is 5.39. The smallest absolute Gasteiger partial charge is 0.493 e. The number of carbonyl (C=O) groups excluding carboxylic acids is 1. The van der Waals surface area contributed by atoms with E-state index < -0.39 is 12.0 Å². The second-order valence-electron chi connectivity index (χ2n) is 6.91. The number of halogens is 3. The van der Waals surface area contributed by atoms with Crippen LogP contribution >= 0.6 is 0 Å². The van der Waals surface area contributed by atoms with E-state index in [1.807, 2.05) is 0 Å². The van der Waals surface area contributed by atoms with Crippen LogP contribution in [0.5, 0.6) is 11.5 Å². The molecule has 0 N–H and O–H groups in total. The fourth-order valence-corrected chi connectivity index (χ4v) is 2.44. The highest BCUT2D eigenvalue weighted by Gasteiger charge is 2.32. The van der Waals surface area contributed by atoms with E-state index in [4.69, 9.17) is 9.47 Å². The lowest BCUT2D eigenvalue weighted by Gasteiger charge is -2.24. The third kappa shape index (κ3) is 6.72. The molecule has 1 aromatic carbocycles. The van der Waals surface area contributed by atoms with E-state index in [2.05, 4.69) is 4.74 Å². The summed E-state index contributed by atoms with van der Waals surface area (Å²) in [6.45, 7) is 6.77. The van der Waals surface area contributed by atoms with Gasteiger partial charge in [0.2, 0.25) is 0 Å². The lowest BCUT2D eigenvalue weighted by Crippen LogP contribution is -2.35. The van der Waals surface area contributed by atoms with Crippen molar-refractivity contribution >= 4 is 6.09 Å². The molecule has 5 nitrogen and oxygen atoms in total. The van der Waals surface area contributed by atoms with E-state index in [0.717, 1.165) is 6.42 Å². The summed E-state index contributed by atoms with van der Waals surface area (Å²) in [5.41, 5.74) is -0.551. The fourth-order valence-electron chi connectivity index (χ4n) is 2.44. The Morgan fingerprint density at radius 1 is 1.24 bits per heavy atom. The average Bonchev–Trinajstić information content (AvgIpc) is 2.91. The monoisotopic (exact) mass is 361 g/mol. The predicted molar refractivity (Wildman–Crippen MR) is 84.5 cm³/mol. The molecule has 8 heteroatoms. The molecule has 0 bridgehead atoms. The van der Waals surface area contributed by atoms with E-state index in [1.54, 1.807) is 31.7 Å². The number of ether oxygens (including phenoxy) is 3. The second kappa shape index (κ2) is 7.41. The summed E-state index contributed by atoms with van der Waals surface area (Å²) in [7, 11) is 0. The summed E-state index contributed by atoms with van der Waals surface area (Å²) in [6.07, 6.45) is -4.36. The van der Waals surface area contributed by atoms with Gasteiger partial charge < -0.3 is 19.1 Å². The van der Waals surface area contributed by atoms with Crippen LogP contribution < -0.4 is 9.47 Å². The van der Waals surface area contributed by atoms with Crippen molar-refractivity contribution in [2.24, 2.45) is 5.92 Å². The SMILES string of the molecule is CC(C)(C)OC(=O)N1CC[C@@H](COc2cccc(OC(F)(F)F)c2)C1. The summed E-state index contributed by atoms with van der Waals surface area (Å²) >= 11 is 0. The minimum absolute atomic E-state index is 0.0970. The van der Waals surface area contributed by atoms with Crippen molar-refractivity contribution < 1.29 is 32.2 Å². The number of amides is 1. The largest absolute Gasteiger partial charge is 0.573 e. The van der Waals surface area contributed by atoms with Crippen molar-refractivity contribution in [2.45, 2.75) is 39.2 Å². The van der Waals surface area contributed by atoms with Gasteiger partial charge in [0.25, 0.3) is 0 Å². The van der Waals surface area contributed by atoms with Crippen LogP contribution in [-0.4, -0.2) is 42.7 Å². The number of carbonyl (C=O) groups is 1. The molecule has 140 valence electrons. The summed E-state index contributed by atoms with van der Waals surface area (Å²) in [5.74, 6) is 0.0592. The molecule has 0 spiro atoms. The van der Waals surface area contributed by atoms with E-state index in [-0.39, 0.29) is 23.5 Å². The molecule has 0 radical (unpaired) electrons. The van der Waals surface area contributed by atoms with Crippen molar-refractivity contribution in [3.05, 3.63) is 24.3 Å². The number of alkyl halides is 3. The van der Waals surface area contributed by atoms with E-state index >= 15 is 0 Å². The lowest BCUT2D eigenvalue weighted by atomic mass is 10.1. The van der Waals surface area contributed by atoms with E-state index in [1.165, 1.54) is 18.2 Å². The highest BCUT2D eigenvalue weighted by Crippen LogP contribution is 2.27. The predicted octanol–water partition coefficient (Wildman–Crippen LogP) is 4.22. The van der Waals surface area contributed by atoms with Gasteiger partial charge >= 0.3 is 12.5 Å². The molecule has 1 heterocycles. The lowest BCUT2D eigenvalue weighted by molar-refractivity contribution is -0.274. The van der Waals surface area contributed by atoms with Crippen molar-refractivity contribution in [3.63, 3.8) is 0 Å². The number of benzene rings is 1. The molecule has 1 aliphatic rings. The Balaban J connectivity index is 1.83. The van der Waals surface area contributed by atoms with Crippen LogP contribution in [0.3, 0.4) is 0 Å². The first-order valence-electron chi connectivity index (χ1n) is 7.98. The van der Waals surface area contributed by atoms with E-state index in [0.29, 0.717) is 19.7 Å². The van der Waals surface area contributed by atoms with Crippen molar-refractivity contribution in [2.75, 3.05) is 19.7 Å². The zero-order valence-electron chi connectivity index (χ0n) is 14.4. The van der Waals surface area contributed by atoms with E-state index in [9.17, 15) is 18.0 Å². The third-order valence-electron chi connectivity index (χ3n) is 3.46. The number of hydrogen-bond donors (Lipinski definition) is 0. The molecule has 0 aromatic heterocycles. The topological polar surface area (TPSA) is 48.0 Å². The summed E-state index contributed by atoms with van der Waals surface area (Å²) in [4.78, 5) is 13.6. The van der Waals surface area contributed by atoms with Crippen LogP contribution in [0, 0.1) is 5.92 Å². The van der Waals surface area contributed by atoms with Gasteiger partial charge in [-0.15, -0.1) is 13.2 Å². The second-order valence-corrected chi connectivity index (χ2v) is 6.91. The molecule has 0 unspecified atom stereocenters. The number of nitrogens with zero attached hydrogens (tertiary/aromatic N) is 1. The van der Waals surface area contributed by atoms with Gasteiger partial charge in [0, 0.05) is 25.1 Å². The fraction of sp³-hybridized carbons (Fsp3) is 0.588. The molecular weight excluding hydrogens is 339 g/mol. The van der Waals surface area contributed by atoms with Gasteiger partial charge in [-0.1, -0.05) is 6.07 Å². The average molecular weight is 361 g/mol. The molecule has 1 fully saturated rings. The third-order valence-corrected chi connectivity index (χ3v) is 3.46. The summed E-state index contributed by atoms with van der Waals surface area (Å²) < 4.78 is 51.4. The van der Waals surface area contributed by atoms with Crippen molar-refractivity contribution in [3.8, 4) is 11.5 Å². The molecule has 0 aliphatic carbocycles. The highest BCUT2D eigenvalue weighted by molar-refractivity contribution is 5.68. The quantitative estimate of drug-likeness (QED) is 0.806. The Kier molecular flexibility index (Phi) is 5.69. The standard InChI is InChI=1S/C17H22F3NO4/c1-16(2,3)25-15(22)21-8-7-12(10-21)11-23-13-5-4-6-14(9-13)24-17(18,19)20/h4-6,9,12H,7-8,10-11H2,1-3H3/t12-/m1/s1. The maximum atomic E-state index is 12.2. The van der Waals surface area contributed by atoms with Gasteiger partial charge in [-0.2, -0.15) is 0 Å². The first-order valence-corrected chi connectivity index (χ1v) is 7.98. The zero-order chi connectivity index (χ0) is 18.7. The van der Waals surface area contributed by atoms with Crippen LogP contribution in [-0.2, 0) is 4.74 Å². The van der Waals surface area contributed by atoms with Gasteiger partial charge in [-0.25, -0.2) is 4.79 Å². The van der Waals surface area contributed by atoms with Crippen molar-refractivity contribution in [1.82, 2.24) is 4.90 Å². The van der Waals surface area contributed by atoms with Crippen LogP contribution in [0.15, 0.2) is 24.3 Å². The molecule has 1 aliphatic heterocycles. The Bertz CT molecular complexity index is 598. The minimum Gasteiger partial charge on any atom is -0.493 e. The molecular formula is C17H22F3NO4. The molecule has 25 heavy (non-hydrogen) atoms. The number of rotatable bonds is 4. The van der Waals surface area contributed by atoms with Gasteiger partial charge in [0.15, 0.2) is 0 Å². The first kappa shape index (κ1) is 19.2. The Labute approximate surface area is 144 Å². The van der Waals surface area contributed by atoms with Gasteiger partial charge in [0.1, 0.15) is 17.1 Å². The molecule has 1 amide bonds. The number of hydrogen-bond acceptors (Lipinski definition) is 4. The van der Waals surface area contributed by atoms with Crippen LogP contribution in [0.4, 0.5) is 18.0 Å². The number of likely N-dealkylation sites (tertiary alicyclic amines) is 1. The van der Waals surface area contributed by atoms with Gasteiger partial charge in [0.05, 0.1) is 6.61 Å². The van der Waals surface area contributed by atoms with Gasteiger partial charge in [-0.3, -0.25) is 0 Å². The summed E-state index contributed by atoms with van der Waals surface area (Å²) in [5, 5.41) is 0. The zero-order valence-corrected chi connectivity index (χ0v) is 14.4. The highest BCUT2D eigenvalue weighted by atomic mass is 19.4. The van der Waals surface area contributed by atoms with Gasteiger partial charge in [-0.05, 0) is 39.3 Å². The molecule has 1 saturated heterocycles. The normalized spacial score (nSPS) is 18.2. The Morgan fingerprint density at radius 3 is 2.56 bits per heavy atom. The van der Waals surface area contributed by atoms with Crippen molar-refractivity contribution in [1.29, 1.82) is 0 Å². The first-order chi connectivity index (χ1) is 11.5. The maximum absolute atomic E-state index is 12.2. The molecule has 0 saturated carbocycles. The van der Waals surface area contributed by atoms with Crippen LogP contribution in [0.2, 0.25) is 0 Å². The maximum Gasteiger partial charge on any atom is 0.573 e. The minimum atomic E-state index is -4.74. The molecule has 1 atom stereocenters. The van der Waals surface area contributed by atoms with Crippen LogP contribution in [0.1, 0.15) is 27.2 Å². The molecule has 1 aromatic rings. The van der Waals surface area contributed by atoms with Crippen LogP contribution in [0.25, 0.3) is 0 Å². The Morgan fingerprint density at radius 2 is 1.92 bits per heavy atom. The Hall–Kier alpha value is -2.12. The molecule has 2 rings (SSSR count).